The molecule has 0 spiro atoms. The van der Waals surface area contributed by atoms with Gasteiger partial charge in [0.15, 0.2) is 0 Å². The van der Waals surface area contributed by atoms with Gasteiger partial charge in [0, 0.05) is 29.7 Å². The van der Waals surface area contributed by atoms with Gasteiger partial charge < -0.3 is 14.2 Å². The fourth-order valence-corrected chi connectivity index (χ4v) is 2.76. The Bertz CT molecular complexity index is 727. The Morgan fingerprint density at radius 3 is 2.27 bits per heavy atom. The predicted octanol–water partition coefficient (Wildman–Crippen LogP) is 3.67. The van der Waals surface area contributed by atoms with Crippen LogP contribution in [0.2, 0.25) is 5.02 Å². The van der Waals surface area contributed by atoms with Crippen molar-refractivity contribution in [2.45, 2.75) is 13.1 Å². The van der Waals surface area contributed by atoms with Crippen LogP contribution in [-0.2, 0) is 22.6 Å². The van der Waals surface area contributed by atoms with E-state index in [4.69, 9.17) is 25.8 Å². The van der Waals surface area contributed by atoms with Crippen LogP contribution >= 0.6 is 11.6 Å². The van der Waals surface area contributed by atoms with Crippen molar-refractivity contribution in [1.29, 1.82) is 0 Å². The molecule has 0 heterocycles. The minimum Gasteiger partial charge on any atom is -0.497 e. The first-order valence-corrected chi connectivity index (χ1v) is 8.28. The minimum absolute atomic E-state index is 0.0132. The number of carbonyl (C=O) groups is 1. The van der Waals surface area contributed by atoms with Crippen LogP contribution in [0.15, 0.2) is 36.4 Å². The third kappa shape index (κ3) is 5.34. The fourth-order valence-electron chi connectivity index (χ4n) is 2.54. The van der Waals surface area contributed by atoms with Gasteiger partial charge in [-0.05, 0) is 29.8 Å². The van der Waals surface area contributed by atoms with E-state index in [2.05, 4.69) is 0 Å². The van der Waals surface area contributed by atoms with Crippen molar-refractivity contribution in [3.8, 4) is 11.5 Å². The summed E-state index contributed by atoms with van der Waals surface area (Å²) in [6.45, 7) is 0.494. The number of halogens is 2. The molecule has 0 fully saturated rings. The second kappa shape index (κ2) is 9.40. The van der Waals surface area contributed by atoms with Crippen LogP contribution in [0.3, 0.4) is 0 Å². The van der Waals surface area contributed by atoms with E-state index < -0.39 is 11.8 Å². The summed E-state index contributed by atoms with van der Waals surface area (Å²) in [6.07, 6.45) is 0. The van der Waals surface area contributed by atoms with Crippen molar-refractivity contribution in [3.63, 3.8) is 0 Å². The van der Waals surface area contributed by atoms with Gasteiger partial charge in [0.25, 0.3) is 0 Å². The van der Waals surface area contributed by atoms with Crippen LogP contribution < -0.4 is 9.47 Å². The zero-order chi connectivity index (χ0) is 19.1. The van der Waals surface area contributed by atoms with E-state index in [1.807, 2.05) is 12.1 Å². The molecule has 140 valence electrons. The molecule has 0 aliphatic heterocycles. The molecule has 0 aliphatic carbocycles. The Hall–Kier alpha value is -2.31. The number of methoxy groups -OCH3 is 3. The third-order valence-electron chi connectivity index (χ3n) is 3.84. The first kappa shape index (κ1) is 20.0. The SMILES string of the molecule is COC(=O)CN(Cc1cc(OC)cc(OC)c1)Cc1c(F)cccc1Cl. The quantitative estimate of drug-likeness (QED) is 0.653. The molecule has 26 heavy (non-hydrogen) atoms. The molecule has 2 aromatic carbocycles. The lowest BCUT2D eigenvalue weighted by Crippen LogP contribution is -2.30. The highest BCUT2D eigenvalue weighted by atomic mass is 35.5. The number of hydrogen-bond donors (Lipinski definition) is 0. The second-order valence-corrected chi connectivity index (χ2v) is 6.05. The monoisotopic (exact) mass is 381 g/mol. The van der Waals surface area contributed by atoms with E-state index in [1.54, 1.807) is 37.3 Å². The Morgan fingerprint density at radius 1 is 1.08 bits per heavy atom. The highest BCUT2D eigenvalue weighted by molar-refractivity contribution is 6.31. The van der Waals surface area contributed by atoms with Gasteiger partial charge in [-0.3, -0.25) is 9.69 Å². The summed E-state index contributed by atoms with van der Waals surface area (Å²) in [5.41, 5.74) is 1.17. The number of esters is 1. The van der Waals surface area contributed by atoms with Gasteiger partial charge in [0.05, 0.1) is 27.9 Å². The van der Waals surface area contributed by atoms with E-state index in [0.29, 0.717) is 28.6 Å². The molecule has 0 saturated carbocycles. The van der Waals surface area contributed by atoms with Crippen molar-refractivity contribution < 1.29 is 23.4 Å². The van der Waals surface area contributed by atoms with Gasteiger partial charge in [-0.25, -0.2) is 4.39 Å². The summed E-state index contributed by atoms with van der Waals surface area (Å²) in [5, 5.41) is 0.308. The molecular formula is C19H21ClFNO4. The van der Waals surface area contributed by atoms with Gasteiger partial charge in [-0.2, -0.15) is 0 Å². The summed E-state index contributed by atoms with van der Waals surface area (Å²) in [7, 11) is 4.43. The van der Waals surface area contributed by atoms with Crippen molar-refractivity contribution in [3.05, 3.63) is 58.4 Å². The molecule has 0 saturated heterocycles. The zero-order valence-electron chi connectivity index (χ0n) is 14.9. The van der Waals surface area contributed by atoms with E-state index in [0.717, 1.165) is 5.56 Å². The van der Waals surface area contributed by atoms with Crippen LogP contribution in [0.25, 0.3) is 0 Å². The molecule has 5 nitrogen and oxygen atoms in total. The summed E-state index contributed by atoms with van der Waals surface area (Å²) in [4.78, 5) is 13.5. The van der Waals surface area contributed by atoms with Gasteiger partial charge in [0.1, 0.15) is 17.3 Å². The van der Waals surface area contributed by atoms with Crippen molar-refractivity contribution in [2.75, 3.05) is 27.9 Å². The molecule has 0 aromatic heterocycles. The van der Waals surface area contributed by atoms with Crippen LogP contribution in [0.5, 0.6) is 11.5 Å². The van der Waals surface area contributed by atoms with Crippen molar-refractivity contribution in [2.24, 2.45) is 0 Å². The van der Waals surface area contributed by atoms with Gasteiger partial charge in [-0.1, -0.05) is 17.7 Å². The largest absolute Gasteiger partial charge is 0.497 e. The molecule has 0 unspecified atom stereocenters. The first-order valence-electron chi connectivity index (χ1n) is 7.90. The lowest BCUT2D eigenvalue weighted by Gasteiger charge is -2.22. The van der Waals surface area contributed by atoms with Crippen molar-refractivity contribution >= 4 is 17.6 Å². The van der Waals surface area contributed by atoms with Crippen LogP contribution in [0, 0.1) is 5.82 Å². The summed E-state index contributed by atoms with van der Waals surface area (Å²) in [5.74, 6) is 0.408. The average molecular weight is 382 g/mol. The first-order chi connectivity index (χ1) is 12.5. The Labute approximate surface area is 157 Å². The van der Waals surface area contributed by atoms with Gasteiger partial charge >= 0.3 is 5.97 Å². The third-order valence-corrected chi connectivity index (χ3v) is 4.20. The highest BCUT2D eigenvalue weighted by Gasteiger charge is 2.17. The van der Waals surface area contributed by atoms with Gasteiger partial charge in [0.2, 0.25) is 0 Å². The van der Waals surface area contributed by atoms with Gasteiger partial charge in [-0.15, -0.1) is 0 Å². The van der Waals surface area contributed by atoms with E-state index >= 15 is 0 Å². The zero-order valence-corrected chi connectivity index (χ0v) is 15.7. The van der Waals surface area contributed by atoms with E-state index in [1.165, 1.54) is 13.2 Å². The van der Waals surface area contributed by atoms with E-state index in [-0.39, 0.29) is 13.1 Å². The lowest BCUT2D eigenvalue weighted by atomic mass is 10.1. The number of ether oxygens (including phenoxy) is 3. The number of benzene rings is 2. The van der Waals surface area contributed by atoms with Crippen LogP contribution in [0.4, 0.5) is 4.39 Å². The maximum absolute atomic E-state index is 14.1. The van der Waals surface area contributed by atoms with E-state index in [9.17, 15) is 9.18 Å². The number of carbonyl (C=O) groups excluding carboxylic acids is 1. The Balaban J connectivity index is 2.29. The molecular weight excluding hydrogens is 361 g/mol. The Kier molecular flexibility index (Phi) is 7.24. The summed E-state index contributed by atoms with van der Waals surface area (Å²) >= 11 is 6.12. The standard InChI is InChI=1S/C19H21ClFNO4/c1-24-14-7-13(8-15(9-14)25-2)10-22(12-19(23)26-3)11-16-17(20)5-4-6-18(16)21/h4-9H,10-12H2,1-3H3. The van der Waals surface area contributed by atoms with Crippen molar-refractivity contribution in [1.82, 2.24) is 4.90 Å². The number of hydrogen-bond acceptors (Lipinski definition) is 5. The molecule has 7 heteroatoms. The molecule has 0 aliphatic rings. The number of nitrogens with zero attached hydrogens (tertiary/aromatic N) is 1. The van der Waals surface area contributed by atoms with Crippen LogP contribution in [-0.4, -0.2) is 38.7 Å². The molecule has 2 aromatic rings. The molecule has 0 N–H and O–H groups in total. The minimum atomic E-state index is -0.424. The average Bonchev–Trinajstić information content (AvgIpc) is 2.64. The molecule has 0 radical (unpaired) electrons. The summed E-state index contributed by atoms with van der Waals surface area (Å²) in [6, 6.07) is 9.91. The second-order valence-electron chi connectivity index (χ2n) is 5.64. The maximum Gasteiger partial charge on any atom is 0.319 e. The molecule has 0 atom stereocenters. The normalized spacial score (nSPS) is 10.7. The topological polar surface area (TPSA) is 48.0 Å². The lowest BCUT2D eigenvalue weighted by molar-refractivity contribution is -0.142. The fraction of sp³-hybridized carbons (Fsp3) is 0.316. The predicted molar refractivity (Wildman–Crippen MR) is 97.1 cm³/mol. The highest BCUT2D eigenvalue weighted by Crippen LogP contribution is 2.25. The Morgan fingerprint density at radius 2 is 1.73 bits per heavy atom. The molecule has 0 bridgehead atoms. The molecule has 2 rings (SSSR count). The smallest absolute Gasteiger partial charge is 0.319 e. The number of rotatable bonds is 8. The summed E-state index contributed by atoms with van der Waals surface area (Å²) < 4.78 is 29.4. The molecule has 0 amide bonds. The maximum atomic E-state index is 14.1. The van der Waals surface area contributed by atoms with Crippen LogP contribution in [0.1, 0.15) is 11.1 Å².